The van der Waals surface area contributed by atoms with E-state index in [9.17, 15) is 13.2 Å². The Labute approximate surface area is 185 Å². The lowest BCUT2D eigenvalue weighted by Gasteiger charge is -2.20. The first-order valence-electron chi connectivity index (χ1n) is 9.84. The first-order valence-corrected chi connectivity index (χ1v) is 11.3. The number of carbonyl (C=O) groups is 1. The molecule has 2 heterocycles. The van der Waals surface area contributed by atoms with Crippen molar-refractivity contribution < 1.29 is 27.1 Å². The van der Waals surface area contributed by atoms with Crippen molar-refractivity contribution in [2.45, 2.75) is 31.2 Å². The summed E-state index contributed by atoms with van der Waals surface area (Å²) >= 11 is 0. The van der Waals surface area contributed by atoms with Crippen LogP contribution in [0, 0.1) is 0 Å². The number of nitrogens with zero attached hydrogens (tertiary/aromatic N) is 3. The fraction of sp³-hybridized carbons (Fsp3) is 0.286. The van der Waals surface area contributed by atoms with Gasteiger partial charge in [0.05, 0.1) is 11.3 Å². The number of ether oxygens (including phenoxy) is 2. The van der Waals surface area contributed by atoms with Crippen molar-refractivity contribution >= 4 is 21.9 Å². The molecule has 32 heavy (non-hydrogen) atoms. The van der Waals surface area contributed by atoms with Crippen LogP contribution in [0.5, 0.6) is 11.5 Å². The van der Waals surface area contributed by atoms with Gasteiger partial charge >= 0.3 is 6.01 Å². The van der Waals surface area contributed by atoms with Crippen molar-refractivity contribution in [1.82, 2.24) is 14.5 Å². The molecule has 0 radical (unpaired) electrons. The van der Waals surface area contributed by atoms with Crippen LogP contribution in [0.2, 0.25) is 0 Å². The van der Waals surface area contributed by atoms with Crippen LogP contribution in [-0.4, -0.2) is 48.7 Å². The van der Waals surface area contributed by atoms with Crippen LogP contribution in [-0.2, 0) is 16.4 Å². The molecule has 1 aliphatic heterocycles. The lowest BCUT2D eigenvalue weighted by atomic mass is 10.1. The van der Waals surface area contributed by atoms with Gasteiger partial charge in [0, 0.05) is 18.7 Å². The van der Waals surface area contributed by atoms with Crippen LogP contribution >= 0.6 is 0 Å². The van der Waals surface area contributed by atoms with Crippen molar-refractivity contribution in [3.63, 3.8) is 0 Å². The first kappa shape index (κ1) is 21.8. The highest BCUT2D eigenvalue weighted by Gasteiger charge is 2.23. The van der Waals surface area contributed by atoms with E-state index in [0.29, 0.717) is 23.8 Å². The second-order valence-electron chi connectivity index (χ2n) is 7.46. The number of aromatic nitrogens is 2. The number of carbonyl (C=O) groups excluding carboxylic acids is 1. The standard InChI is InChI=1S/C21H22N4O6S/c1-13(2)25(3)32(27,28)16-7-5-15(6-8-16)20(26)22-21-24-23-19(31-21)11-14-4-9-17-18(10-14)30-12-29-17/h4-10,13H,11-12H2,1-3H3,(H,22,24,26). The molecule has 1 aliphatic rings. The number of anilines is 1. The van der Waals surface area contributed by atoms with Gasteiger partial charge in [-0.25, -0.2) is 8.42 Å². The second kappa shape index (κ2) is 8.60. The minimum Gasteiger partial charge on any atom is -0.454 e. The topological polar surface area (TPSA) is 124 Å². The maximum absolute atomic E-state index is 12.5. The molecule has 0 atom stereocenters. The summed E-state index contributed by atoms with van der Waals surface area (Å²) in [6.07, 6.45) is 0.357. The molecule has 2 aromatic carbocycles. The fourth-order valence-corrected chi connectivity index (χ4v) is 4.36. The van der Waals surface area contributed by atoms with Crippen molar-refractivity contribution in [2.75, 3.05) is 19.2 Å². The Morgan fingerprint density at radius 1 is 1.09 bits per heavy atom. The van der Waals surface area contributed by atoms with Gasteiger partial charge in [-0.15, -0.1) is 5.10 Å². The van der Waals surface area contributed by atoms with Gasteiger partial charge in [-0.1, -0.05) is 11.2 Å². The van der Waals surface area contributed by atoms with E-state index < -0.39 is 15.9 Å². The summed E-state index contributed by atoms with van der Waals surface area (Å²) in [6, 6.07) is 10.9. The van der Waals surface area contributed by atoms with E-state index in [1.807, 2.05) is 12.1 Å². The van der Waals surface area contributed by atoms with E-state index in [0.717, 1.165) is 5.56 Å². The van der Waals surface area contributed by atoms with Gasteiger partial charge in [-0.05, 0) is 55.8 Å². The van der Waals surface area contributed by atoms with Crippen LogP contribution in [0.15, 0.2) is 51.8 Å². The molecule has 1 N–H and O–H groups in total. The Hall–Kier alpha value is -3.44. The predicted molar refractivity (Wildman–Crippen MR) is 114 cm³/mol. The Kier molecular flexibility index (Phi) is 5.85. The molecule has 0 spiro atoms. The molecule has 10 nitrogen and oxygen atoms in total. The van der Waals surface area contributed by atoms with E-state index >= 15 is 0 Å². The van der Waals surface area contributed by atoms with Gasteiger partial charge in [0.15, 0.2) is 11.5 Å². The fourth-order valence-electron chi connectivity index (χ4n) is 2.99. The van der Waals surface area contributed by atoms with Crippen LogP contribution in [0.4, 0.5) is 6.01 Å². The van der Waals surface area contributed by atoms with Crippen LogP contribution in [0.25, 0.3) is 0 Å². The number of rotatable bonds is 7. The van der Waals surface area contributed by atoms with E-state index in [-0.39, 0.29) is 29.3 Å². The van der Waals surface area contributed by atoms with Gasteiger partial charge in [0.1, 0.15) is 0 Å². The lowest BCUT2D eigenvalue weighted by Crippen LogP contribution is -2.33. The Morgan fingerprint density at radius 2 is 1.81 bits per heavy atom. The third-order valence-electron chi connectivity index (χ3n) is 5.00. The summed E-state index contributed by atoms with van der Waals surface area (Å²) in [7, 11) is -2.11. The maximum Gasteiger partial charge on any atom is 0.322 e. The molecule has 11 heteroatoms. The number of nitrogens with one attached hydrogen (secondary N) is 1. The maximum atomic E-state index is 12.5. The number of benzene rings is 2. The first-order chi connectivity index (χ1) is 15.2. The number of fused-ring (bicyclic) bond motifs is 1. The molecule has 0 bridgehead atoms. The highest BCUT2D eigenvalue weighted by molar-refractivity contribution is 7.89. The summed E-state index contributed by atoms with van der Waals surface area (Å²) in [4.78, 5) is 12.6. The molecule has 1 aromatic heterocycles. The Balaban J connectivity index is 1.41. The van der Waals surface area contributed by atoms with Gasteiger partial charge in [-0.3, -0.25) is 10.1 Å². The van der Waals surface area contributed by atoms with Crippen LogP contribution in [0.3, 0.4) is 0 Å². The second-order valence-corrected chi connectivity index (χ2v) is 9.46. The molecule has 3 aromatic rings. The van der Waals surface area contributed by atoms with Gasteiger partial charge in [0.25, 0.3) is 5.91 Å². The van der Waals surface area contributed by atoms with Crippen LogP contribution in [0.1, 0.15) is 35.7 Å². The summed E-state index contributed by atoms with van der Waals surface area (Å²) in [5, 5.41) is 10.3. The predicted octanol–water partition coefficient (Wildman–Crippen LogP) is 2.67. The van der Waals surface area contributed by atoms with Crippen molar-refractivity contribution in [3.05, 3.63) is 59.5 Å². The molecule has 0 saturated heterocycles. The quantitative estimate of drug-likeness (QED) is 0.573. The van der Waals surface area contributed by atoms with E-state index in [1.165, 1.54) is 35.6 Å². The van der Waals surface area contributed by atoms with E-state index in [1.54, 1.807) is 19.9 Å². The zero-order valence-electron chi connectivity index (χ0n) is 17.7. The summed E-state index contributed by atoms with van der Waals surface area (Å²) in [6.45, 7) is 3.76. The molecule has 0 saturated carbocycles. The normalized spacial score (nSPS) is 13.0. The summed E-state index contributed by atoms with van der Waals surface area (Å²) < 4.78 is 42.5. The molecule has 0 fully saturated rings. The molecular formula is C21H22N4O6S. The average molecular weight is 458 g/mol. The third kappa shape index (κ3) is 4.43. The van der Waals surface area contributed by atoms with Crippen molar-refractivity contribution in [3.8, 4) is 11.5 Å². The highest BCUT2D eigenvalue weighted by atomic mass is 32.2. The molecule has 4 rings (SSSR count). The van der Waals surface area contributed by atoms with Crippen LogP contribution < -0.4 is 14.8 Å². The Bertz CT molecular complexity index is 1240. The van der Waals surface area contributed by atoms with E-state index in [4.69, 9.17) is 13.9 Å². The van der Waals surface area contributed by atoms with Crippen molar-refractivity contribution in [2.24, 2.45) is 0 Å². The number of hydrogen-bond acceptors (Lipinski definition) is 8. The monoisotopic (exact) mass is 458 g/mol. The Morgan fingerprint density at radius 3 is 2.53 bits per heavy atom. The van der Waals surface area contributed by atoms with E-state index in [2.05, 4.69) is 15.5 Å². The largest absolute Gasteiger partial charge is 0.454 e. The highest BCUT2D eigenvalue weighted by Crippen LogP contribution is 2.33. The minimum atomic E-state index is -3.63. The molecule has 0 aliphatic carbocycles. The molecule has 168 valence electrons. The smallest absolute Gasteiger partial charge is 0.322 e. The third-order valence-corrected chi connectivity index (χ3v) is 7.05. The minimum absolute atomic E-state index is 0.0537. The average Bonchev–Trinajstić information content (AvgIpc) is 3.42. The molecule has 1 amide bonds. The molecule has 0 unspecified atom stereocenters. The van der Waals surface area contributed by atoms with Gasteiger partial charge < -0.3 is 13.9 Å². The number of hydrogen-bond donors (Lipinski definition) is 1. The number of sulfonamides is 1. The molecular weight excluding hydrogens is 436 g/mol. The zero-order valence-corrected chi connectivity index (χ0v) is 18.5. The lowest BCUT2D eigenvalue weighted by molar-refractivity contribution is 0.102. The van der Waals surface area contributed by atoms with Crippen molar-refractivity contribution in [1.29, 1.82) is 0 Å². The number of amides is 1. The summed E-state index contributed by atoms with van der Waals surface area (Å²) in [5.74, 6) is 1.16. The summed E-state index contributed by atoms with van der Waals surface area (Å²) in [5.41, 5.74) is 1.14. The van der Waals surface area contributed by atoms with Gasteiger partial charge in [-0.2, -0.15) is 4.31 Å². The van der Waals surface area contributed by atoms with Gasteiger partial charge in [0.2, 0.25) is 22.7 Å². The SMILES string of the molecule is CC(C)N(C)S(=O)(=O)c1ccc(C(=O)Nc2nnc(Cc3ccc4c(c3)OCO4)o2)cc1. The zero-order chi connectivity index (χ0) is 22.9.